The Balaban J connectivity index is 2.45. The first-order valence-electron chi connectivity index (χ1n) is 6.51. The van der Waals surface area contributed by atoms with Crippen molar-refractivity contribution in [2.24, 2.45) is 0 Å². The number of esters is 1. The van der Waals surface area contributed by atoms with Crippen LogP contribution in [0.2, 0.25) is 0 Å². The number of nitrogens with zero attached hydrogens (tertiary/aromatic N) is 1. The molecule has 1 heterocycles. The second kappa shape index (κ2) is 5.59. The minimum Gasteiger partial charge on any atom is -0.466 e. The van der Waals surface area contributed by atoms with E-state index in [1.807, 2.05) is 0 Å². The van der Waals surface area contributed by atoms with Gasteiger partial charge in [0.1, 0.15) is 0 Å². The number of anilines is 1. The number of nitrogens with two attached hydrogens (primary N) is 1. The van der Waals surface area contributed by atoms with E-state index >= 15 is 0 Å². The minimum atomic E-state index is -1.79. The van der Waals surface area contributed by atoms with Gasteiger partial charge in [0.25, 0.3) is 0 Å². The Hall–Kier alpha value is -1.59. The summed E-state index contributed by atoms with van der Waals surface area (Å²) in [5.74, 6) is -0.688. The van der Waals surface area contributed by atoms with Crippen LogP contribution in [-0.4, -0.2) is 36.2 Å². The van der Waals surface area contributed by atoms with Crippen molar-refractivity contribution in [3.63, 3.8) is 0 Å². The lowest BCUT2D eigenvalue weighted by molar-refractivity contribution is -0.191. The molecule has 2 rings (SSSR count). The molecule has 1 saturated heterocycles. The number of aliphatic hydroxyl groups is 1. The number of hydrogen-bond donors (Lipinski definition) is 2. The zero-order chi connectivity index (χ0) is 13.9. The fourth-order valence-electron chi connectivity index (χ4n) is 2.58. The summed E-state index contributed by atoms with van der Waals surface area (Å²) in [6.07, 6.45) is 3.01. The number of carbonyl (C=O) groups excluding carboxylic acids is 1. The molecular weight excluding hydrogens is 244 g/mol. The molecule has 0 radical (unpaired) electrons. The van der Waals surface area contributed by atoms with Gasteiger partial charge in [-0.15, -0.1) is 0 Å². The number of methoxy groups -OCH3 is 1. The van der Waals surface area contributed by atoms with Gasteiger partial charge >= 0.3 is 5.97 Å². The van der Waals surface area contributed by atoms with E-state index in [-0.39, 0.29) is 0 Å². The van der Waals surface area contributed by atoms with Gasteiger partial charge in [-0.25, -0.2) is 4.79 Å². The van der Waals surface area contributed by atoms with Gasteiger partial charge in [0.05, 0.1) is 7.11 Å². The summed E-state index contributed by atoms with van der Waals surface area (Å²) in [5, 5.41) is 10.9. The van der Waals surface area contributed by atoms with Gasteiger partial charge in [-0.05, 0) is 18.9 Å². The second-order valence-corrected chi connectivity index (χ2v) is 4.80. The molecule has 0 amide bonds. The third kappa shape index (κ3) is 2.43. The van der Waals surface area contributed by atoms with Crippen LogP contribution < -0.4 is 5.73 Å². The van der Waals surface area contributed by atoms with E-state index in [1.54, 1.807) is 29.2 Å². The molecule has 1 fully saturated rings. The Morgan fingerprint density at radius 2 is 1.95 bits per heavy atom. The topological polar surface area (TPSA) is 75.8 Å². The molecular formula is C14H20N2O3. The van der Waals surface area contributed by atoms with E-state index in [4.69, 9.17) is 10.5 Å². The van der Waals surface area contributed by atoms with Gasteiger partial charge in [0, 0.05) is 24.3 Å². The fourth-order valence-corrected chi connectivity index (χ4v) is 2.58. The van der Waals surface area contributed by atoms with Gasteiger partial charge in [-0.1, -0.05) is 24.6 Å². The third-order valence-corrected chi connectivity index (χ3v) is 3.62. The van der Waals surface area contributed by atoms with Crippen molar-refractivity contribution in [2.45, 2.75) is 25.0 Å². The SMILES string of the molecule is COC(=O)C(O)(c1ccccc1N)N1CCCCC1. The Morgan fingerprint density at radius 1 is 1.32 bits per heavy atom. The first kappa shape index (κ1) is 13.8. The molecule has 5 nitrogen and oxygen atoms in total. The van der Waals surface area contributed by atoms with Crippen LogP contribution in [-0.2, 0) is 15.3 Å². The van der Waals surface area contributed by atoms with Gasteiger partial charge in [-0.2, -0.15) is 0 Å². The van der Waals surface area contributed by atoms with Crippen molar-refractivity contribution in [3.05, 3.63) is 29.8 Å². The number of benzene rings is 1. The van der Waals surface area contributed by atoms with Crippen LogP contribution in [0.1, 0.15) is 24.8 Å². The number of carbonyl (C=O) groups is 1. The van der Waals surface area contributed by atoms with Gasteiger partial charge < -0.3 is 15.6 Å². The molecule has 104 valence electrons. The lowest BCUT2D eigenvalue weighted by Crippen LogP contribution is -2.54. The Labute approximate surface area is 113 Å². The number of rotatable bonds is 3. The average molecular weight is 264 g/mol. The highest BCUT2D eigenvalue weighted by molar-refractivity contribution is 5.82. The van der Waals surface area contributed by atoms with Crippen molar-refractivity contribution in [3.8, 4) is 0 Å². The maximum atomic E-state index is 12.1. The molecule has 1 aromatic carbocycles. The third-order valence-electron chi connectivity index (χ3n) is 3.62. The summed E-state index contributed by atoms with van der Waals surface area (Å²) in [6, 6.07) is 6.87. The predicted octanol–water partition coefficient (Wildman–Crippen LogP) is 1.07. The molecule has 0 bridgehead atoms. The number of nitrogen functional groups attached to an aromatic ring is 1. The summed E-state index contributed by atoms with van der Waals surface area (Å²) in [4.78, 5) is 13.9. The summed E-state index contributed by atoms with van der Waals surface area (Å²) in [5.41, 5.74) is 4.90. The van der Waals surface area contributed by atoms with Crippen LogP contribution in [0, 0.1) is 0 Å². The molecule has 1 aliphatic rings. The average Bonchev–Trinajstić information content (AvgIpc) is 2.47. The zero-order valence-electron chi connectivity index (χ0n) is 11.1. The van der Waals surface area contributed by atoms with Gasteiger partial charge in [0.15, 0.2) is 0 Å². The molecule has 0 saturated carbocycles. The zero-order valence-corrected chi connectivity index (χ0v) is 11.1. The molecule has 5 heteroatoms. The summed E-state index contributed by atoms with van der Waals surface area (Å²) < 4.78 is 4.79. The standard InChI is InChI=1S/C14H20N2O3/c1-19-13(17)14(18,16-9-5-2-6-10-16)11-7-3-4-8-12(11)15/h3-4,7-8,18H,2,5-6,9-10,15H2,1H3. The Morgan fingerprint density at radius 3 is 2.53 bits per heavy atom. The highest BCUT2D eigenvalue weighted by Gasteiger charge is 2.46. The largest absolute Gasteiger partial charge is 0.466 e. The second-order valence-electron chi connectivity index (χ2n) is 4.80. The number of piperidine rings is 1. The van der Waals surface area contributed by atoms with E-state index in [9.17, 15) is 9.90 Å². The van der Waals surface area contributed by atoms with Crippen LogP contribution in [0.25, 0.3) is 0 Å². The maximum Gasteiger partial charge on any atom is 0.358 e. The minimum absolute atomic E-state index is 0.390. The van der Waals surface area contributed by atoms with Crippen molar-refractivity contribution in [1.29, 1.82) is 0 Å². The summed E-state index contributed by atoms with van der Waals surface area (Å²) in [6.45, 7) is 1.31. The van der Waals surface area contributed by atoms with Crippen molar-refractivity contribution >= 4 is 11.7 Å². The quantitative estimate of drug-likeness (QED) is 0.631. The van der Waals surface area contributed by atoms with Crippen molar-refractivity contribution in [1.82, 2.24) is 4.90 Å². The van der Waals surface area contributed by atoms with Crippen LogP contribution >= 0.6 is 0 Å². The Kier molecular flexibility index (Phi) is 4.07. The molecule has 1 aromatic rings. The fraction of sp³-hybridized carbons (Fsp3) is 0.500. The Bertz CT molecular complexity index is 458. The molecule has 1 atom stereocenters. The van der Waals surface area contributed by atoms with E-state index < -0.39 is 11.7 Å². The van der Waals surface area contributed by atoms with Crippen LogP contribution in [0.15, 0.2) is 24.3 Å². The molecule has 1 aliphatic heterocycles. The normalized spacial score (nSPS) is 19.7. The number of likely N-dealkylation sites (tertiary alicyclic amines) is 1. The highest BCUT2D eigenvalue weighted by atomic mass is 16.5. The van der Waals surface area contributed by atoms with Gasteiger partial charge in [0.2, 0.25) is 5.72 Å². The molecule has 0 aliphatic carbocycles. The number of hydrogen-bond acceptors (Lipinski definition) is 5. The van der Waals surface area contributed by atoms with Crippen LogP contribution in [0.4, 0.5) is 5.69 Å². The van der Waals surface area contributed by atoms with E-state index in [2.05, 4.69) is 0 Å². The van der Waals surface area contributed by atoms with E-state index in [1.165, 1.54) is 7.11 Å². The highest BCUT2D eigenvalue weighted by Crippen LogP contribution is 2.33. The molecule has 19 heavy (non-hydrogen) atoms. The summed E-state index contributed by atoms with van der Waals surface area (Å²) in [7, 11) is 1.27. The smallest absolute Gasteiger partial charge is 0.358 e. The van der Waals surface area contributed by atoms with E-state index in [0.29, 0.717) is 24.3 Å². The first-order valence-corrected chi connectivity index (χ1v) is 6.51. The molecule has 0 spiro atoms. The van der Waals surface area contributed by atoms with Crippen LogP contribution in [0.5, 0.6) is 0 Å². The predicted molar refractivity (Wildman–Crippen MR) is 72.2 cm³/mol. The maximum absolute atomic E-state index is 12.1. The number of ether oxygens (including phenoxy) is 1. The number of para-hydroxylation sites is 1. The van der Waals surface area contributed by atoms with Crippen molar-refractivity contribution < 1.29 is 14.6 Å². The van der Waals surface area contributed by atoms with E-state index in [0.717, 1.165) is 19.3 Å². The molecule has 1 unspecified atom stereocenters. The van der Waals surface area contributed by atoms with Crippen molar-refractivity contribution in [2.75, 3.05) is 25.9 Å². The van der Waals surface area contributed by atoms with Gasteiger partial charge in [-0.3, -0.25) is 4.90 Å². The monoisotopic (exact) mass is 264 g/mol. The first-order chi connectivity index (χ1) is 9.10. The molecule has 0 aromatic heterocycles. The lowest BCUT2D eigenvalue weighted by atomic mass is 9.96. The lowest BCUT2D eigenvalue weighted by Gasteiger charge is -2.40. The summed E-state index contributed by atoms with van der Waals surface area (Å²) >= 11 is 0. The van der Waals surface area contributed by atoms with Crippen LogP contribution in [0.3, 0.4) is 0 Å². The molecule has 3 N–H and O–H groups in total.